The highest BCUT2D eigenvalue weighted by atomic mass is 32.2. The number of thioether (sulfide) groups is 1. The number of hydrogen-bond acceptors (Lipinski definition) is 7. The van der Waals surface area contributed by atoms with E-state index in [2.05, 4.69) is 15.8 Å². The Morgan fingerprint density at radius 2 is 1.90 bits per heavy atom. The fourth-order valence-electron chi connectivity index (χ4n) is 2.66. The van der Waals surface area contributed by atoms with E-state index in [-0.39, 0.29) is 6.61 Å². The summed E-state index contributed by atoms with van der Waals surface area (Å²) in [5.74, 6) is 0.852. The zero-order chi connectivity index (χ0) is 20.1. The number of benzene rings is 2. The van der Waals surface area contributed by atoms with Crippen molar-refractivity contribution in [2.75, 3.05) is 6.61 Å². The van der Waals surface area contributed by atoms with Crippen LogP contribution in [-0.4, -0.2) is 29.5 Å². The van der Waals surface area contributed by atoms with Gasteiger partial charge in [-0.15, -0.1) is 23.1 Å². The lowest BCUT2D eigenvalue weighted by Gasteiger charge is -2.25. The van der Waals surface area contributed by atoms with Crippen LogP contribution < -0.4 is 20.3 Å². The van der Waals surface area contributed by atoms with Gasteiger partial charge in [-0.1, -0.05) is 24.3 Å². The highest BCUT2D eigenvalue weighted by molar-refractivity contribution is 7.98. The maximum atomic E-state index is 12.6. The summed E-state index contributed by atoms with van der Waals surface area (Å²) in [5, 5.41) is 1.97. The molecule has 4 rings (SSSR count). The summed E-state index contributed by atoms with van der Waals surface area (Å²) in [7, 11) is 0. The number of nitrogens with one attached hydrogen (secondary N) is 2. The predicted octanol–water partition coefficient (Wildman–Crippen LogP) is 3.04. The first-order valence-electron chi connectivity index (χ1n) is 8.78. The molecule has 1 aliphatic rings. The Bertz CT molecular complexity index is 1010. The Balaban J connectivity index is 1.34. The van der Waals surface area contributed by atoms with Crippen molar-refractivity contribution >= 4 is 34.9 Å². The monoisotopic (exact) mass is 427 g/mol. The van der Waals surface area contributed by atoms with Crippen LogP contribution in [0.15, 0.2) is 64.3 Å². The van der Waals surface area contributed by atoms with Crippen molar-refractivity contribution in [3.63, 3.8) is 0 Å². The number of aromatic nitrogens is 1. The Hall–Kier alpha value is -3.04. The molecule has 0 saturated carbocycles. The molecule has 2 amide bonds. The summed E-state index contributed by atoms with van der Waals surface area (Å²) in [6, 6.07) is 14.3. The van der Waals surface area contributed by atoms with E-state index in [1.807, 2.05) is 23.6 Å². The second-order valence-corrected chi connectivity index (χ2v) is 7.81. The molecule has 3 aromatic rings. The van der Waals surface area contributed by atoms with Crippen molar-refractivity contribution in [2.45, 2.75) is 16.8 Å². The highest BCUT2D eigenvalue weighted by Crippen LogP contribution is 2.31. The number of carbonyl (C=O) groups is 2. The second-order valence-electron chi connectivity index (χ2n) is 6.07. The summed E-state index contributed by atoms with van der Waals surface area (Å²) in [6.07, 6.45) is -0.848. The van der Waals surface area contributed by atoms with E-state index in [1.54, 1.807) is 35.8 Å². The van der Waals surface area contributed by atoms with Crippen LogP contribution in [-0.2, 0) is 10.5 Å². The van der Waals surface area contributed by atoms with Gasteiger partial charge < -0.3 is 9.47 Å². The molecule has 0 aliphatic carbocycles. The van der Waals surface area contributed by atoms with E-state index in [1.165, 1.54) is 23.1 Å². The van der Waals surface area contributed by atoms with Gasteiger partial charge in [-0.25, -0.2) is 4.98 Å². The summed E-state index contributed by atoms with van der Waals surface area (Å²) < 4.78 is 11.2. The number of ether oxygens (including phenoxy) is 2. The maximum absolute atomic E-state index is 12.6. The molecule has 1 unspecified atom stereocenters. The first kappa shape index (κ1) is 19.3. The zero-order valence-electron chi connectivity index (χ0n) is 15.2. The number of para-hydroxylation sites is 2. The van der Waals surface area contributed by atoms with Crippen molar-refractivity contribution in [1.29, 1.82) is 0 Å². The van der Waals surface area contributed by atoms with Gasteiger partial charge in [0.1, 0.15) is 6.61 Å². The molecule has 2 aromatic carbocycles. The van der Waals surface area contributed by atoms with Gasteiger partial charge in [-0.3, -0.25) is 20.4 Å². The van der Waals surface area contributed by atoms with E-state index in [4.69, 9.17) is 9.47 Å². The topological polar surface area (TPSA) is 89.6 Å². The minimum Gasteiger partial charge on any atom is -0.485 e. The van der Waals surface area contributed by atoms with Gasteiger partial charge in [0.05, 0.1) is 16.8 Å². The Labute approximate surface area is 175 Å². The molecule has 1 aliphatic heterocycles. The number of rotatable bonds is 5. The van der Waals surface area contributed by atoms with Crippen molar-refractivity contribution in [1.82, 2.24) is 15.8 Å². The Kier molecular flexibility index (Phi) is 5.97. The molecule has 0 bridgehead atoms. The highest BCUT2D eigenvalue weighted by Gasteiger charge is 2.27. The van der Waals surface area contributed by atoms with E-state index >= 15 is 0 Å². The van der Waals surface area contributed by atoms with Gasteiger partial charge in [-0.2, -0.15) is 0 Å². The third-order valence-electron chi connectivity index (χ3n) is 4.09. The summed E-state index contributed by atoms with van der Waals surface area (Å²) in [6.45, 7) is 0.0683. The van der Waals surface area contributed by atoms with Crippen molar-refractivity contribution < 1.29 is 19.1 Å². The van der Waals surface area contributed by atoms with Crippen LogP contribution in [0.2, 0.25) is 0 Å². The van der Waals surface area contributed by atoms with Gasteiger partial charge in [0.25, 0.3) is 11.8 Å². The molecule has 0 saturated heterocycles. The number of hydrogen-bond donors (Lipinski definition) is 2. The van der Waals surface area contributed by atoms with Crippen LogP contribution in [0.5, 0.6) is 11.5 Å². The smallest absolute Gasteiger partial charge is 0.283 e. The quantitative estimate of drug-likeness (QED) is 0.481. The Morgan fingerprint density at radius 3 is 2.72 bits per heavy atom. The molecule has 7 nitrogen and oxygen atoms in total. The molecule has 1 atom stereocenters. The van der Waals surface area contributed by atoms with Crippen molar-refractivity contribution in [3.8, 4) is 11.5 Å². The molecule has 1 aromatic heterocycles. The predicted molar refractivity (Wildman–Crippen MR) is 110 cm³/mol. The average Bonchev–Trinajstić information content (AvgIpc) is 3.29. The average molecular weight is 428 g/mol. The SMILES string of the molecule is O=C(NNC(=O)C1COc2ccccc2O1)c1ccccc1SCc1cscn1. The number of fused-ring (bicyclic) bond motifs is 1. The molecular formula is C20H17N3O4S2. The molecule has 0 radical (unpaired) electrons. The van der Waals surface area contributed by atoms with E-state index in [0.29, 0.717) is 22.8 Å². The third-order valence-corrected chi connectivity index (χ3v) is 5.83. The van der Waals surface area contributed by atoms with Crippen molar-refractivity contribution in [2.24, 2.45) is 0 Å². The lowest BCUT2D eigenvalue weighted by molar-refractivity contribution is -0.131. The van der Waals surface area contributed by atoms with Crippen LogP contribution in [0.1, 0.15) is 16.1 Å². The summed E-state index contributed by atoms with van der Waals surface area (Å²) >= 11 is 3.05. The number of nitrogens with zero attached hydrogens (tertiary/aromatic N) is 1. The van der Waals surface area contributed by atoms with Crippen LogP contribution in [0, 0.1) is 0 Å². The zero-order valence-corrected chi connectivity index (χ0v) is 16.8. The molecule has 2 N–H and O–H groups in total. The second kappa shape index (κ2) is 8.97. The lowest BCUT2D eigenvalue weighted by Crippen LogP contribution is -2.50. The molecule has 148 valence electrons. The maximum Gasteiger partial charge on any atom is 0.283 e. The van der Waals surface area contributed by atoms with E-state index < -0.39 is 17.9 Å². The van der Waals surface area contributed by atoms with Crippen LogP contribution in [0.3, 0.4) is 0 Å². The minimum absolute atomic E-state index is 0.0683. The van der Waals surface area contributed by atoms with Gasteiger partial charge in [0.2, 0.25) is 6.10 Å². The fraction of sp³-hybridized carbons (Fsp3) is 0.150. The fourth-order valence-corrected chi connectivity index (χ4v) is 4.27. The number of amides is 2. The number of thiazole rings is 1. The Morgan fingerprint density at radius 1 is 1.10 bits per heavy atom. The van der Waals surface area contributed by atoms with Gasteiger partial charge in [-0.05, 0) is 24.3 Å². The standard InChI is InChI=1S/C20H17N3O4S2/c24-19(14-5-1-4-8-18(14)29-11-13-10-28-12-21-13)22-23-20(25)17-9-26-15-6-2-3-7-16(15)27-17/h1-8,10,12,17H,9,11H2,(H,22,24)(H,23,25). The number of hydrazine groups is 1. The van der Waals surface area contributed by atoms with Crippen LogP contribution in [0.4, 0.5) is 0 Å². The summed E-state index contributed by atoms with van der Waals surface area (Å²) in [4.78, 5) is 30.0. The van der Waals surface area contributed by atoms with Gasteiger partial charge >= 0.3 is 0 Å². The van der Waals surface area contributed by atoms with Crippen LogP contribution >= 0.6 is 23.1 Å². The molecule has 2 heterocycles. The molecular weight excluding hydrogens is 410 g/mol. The lowest BCUT2D eigenvalue weighted by atomic mass is 10.2. The summed E-state index contributed by atoms with van der Waals surface area (Å²) in [5.41, 5.74) is 8.07. The molecule has 9 heteroatoms. The third kappa shape index (κ3) is 4.69. The molecule has 29 heavy (non-hydrogen) atoms. The first-order chi connectivity index (χ1) is 14.2. The van der Waals surface area contributed by atoms with Gasteiger partial charge in [0.15, 0.2) is 11.5 Å². The normalized spacial score (nSPS) is 14.8. The van der Waals surface area contributed by atoms with E-state index in [0.717, 1.165) is 10.6 Å². The molecule has 0 spiro atoms. The van der Waals surface area contributed by atoms with Crippen LogP contribution in [0.25, 0.3) is 0 Å². The number of carbonyl (C=O) groups excluding carboxylic acids is 2. The molecule has 0 fully saturated rings. The van der Waals surface area contributed by atoms with Gasteiger partial charge in [0, 0.05) is 16.0 Å². The minimum atomic E-state index is -0.848. The van der Waals surface area contributed by atoms with Crippen molar-refractivity contribution in [3.05, 3.63) is 70.7 Å². The first-order valence-corrected chi connectivity index (χ1v) is 10.7. The van der Waals surface area contributed by atoms with E-state index in [9.17, 15) is 9.59 Å². The largest absolute Gasteiger partial charge is 0.485 e.